The second kappa shape index (κ2) is 8.15. The predicted octanol–water partition coefficient (Wildman–Crippen LogP) is 2.22. The first kappa shape index (κ1) is 16.0. The fourth-order valence-corrected chi connectivity index (χ4v) is 2.81. The zero-order valence-electron chi connectivity index (χ0n) is 13.0. The Hall–Kier alpha value is -1.39. The van der Waals surface area contributed by atoms with Gasteiger partial charge in [-0.25, -0.2) is 0 Å². The van der Waals surface area contributed by atoms with Crippen LogP contribution in [0.15, 0.2) is 30.3 Å². The minimum absolute atomic E-state index is 0.109. The fourth-order valence-electron chi connectivity index (χ4n) is 2.81. The first-order chi connectivity index (χ1) is 10.2. The first-order valence-corrected chi connectivity index (χ1v) is 7.90. The van der Waals surface area contributed by atoms with Gasteiger partial charge in [0.2, 0.25) is 5.91 Å². The molecule has 4 nitrogen and oxygen atoms in total. The third-order valence-corrected chi connectivity index (χ3v) is 4.17. The average Bonchev–Trinajstić information content (AvgIpc) is 3.00. The maximum Gasteiger partial charge on any atom is 0.234 e. The number of carbonyl (C=O) groups excluding carboxylic acids is 1. The first-order valence-electron chi connectivity index (χ1n) is 7.90. The van der Waals surface area contributed by atoms with Gasteiger partial charge >= 0.3 is 0 Å². The Balaban J connectivity index is 1.83. The molecule has 1 fully saturated rings. The van der Waals surface area contributed by atoms with Crippen molar-refractivity contribution < 1.29 is 9.53 Å². The van der Waals surface area contributed by atoms with Gasteiger partial charge in [0.25, 0.3) is 0 Å². The molecule has 21 heavy (non-hydrogen) atoms. The van der Waals surface area contributed by atoms with Crippen LogP contribution in [0.3, 0.4) is 0 Å². The van der Waals surface area contributed by atoms with Gasteiger partial charge in [0, 0.05) is 19.1 Å². The number of nitrogens with zero attached hydrogens (tertiary/aromatic N) is 1. The summed E-state index contributed by atoms with van der Waals surface area (Å²) in [4.78, 5) is 14.1. The number of ether oxygens (including phenoxy) is 1. The van der Waals surface area contributed by atoms with E-state index in [1.54, 1.807) is 0 Å². The van der Waals surface area contributed by atoms with E-state index in [0.29, 0.717) is 19.0 Å². The highest BCUT2D eigenvalue weighted by atomic mass is 16.5. The molecule has 0 spiro atoms. The molecule has 1 heterocycles. The average molecular weight is 290 g/mol. The molecule has 0 aliphatic carbocycles. The van der Waals surface area contributed by atoms with E-state index in [4.69, 9.17) is 4.74 Å². The van der Waals surface area contributed by atoms with Crippen molar-refractivity contribution >= 4 is 5.91 Å². The van der Waals surface area contributed by atoms with Crippen LogP contribution in [-0.2, 0) is 9.53 Å². The van der Waals surface area contributed by atoms with Gasteiger partial charge < -0.3 is 10.1 Å². The van der Waals surface area contributed by atoms with Crippen LogP contribution in [0.25, 0.3) is 0 Å². The van der Waals surface area contributed by atoms with Crippen LogP contribution in [0.1, 0.15) is 31.9 Å². The van der Waals surface area contributed by atoms with Gasteiger partial charge in [-0.3, -0.25) is 9.69 Å². The van der Waals surface area contributed by atoms with Gasteiger partial charge in [0.1, 0.15) is 0 Å². The fraction of sp³-hybridized carbons (Fsp3) is 0.588. The van der Waals surface area contributed by atoms with Crippen molar-refractivity contribution in [3.05, 3.63) is 35.9 Å². The zero-order valence-corrected chi connectivity index (χ0v) is 13.0. The normalized spacial score (nSPS) is 21.7. The van der Waals surface area contributed by atoms with Crippen LogP contribution >= 0.6 is 0 Å². The van der Waals surface area contributed by atoms with Crippen LogP contribution in [-0.4, -0.2) is 43.6 Å². The third-order valence-electron chi connectivity index (χ3n) is 4.17. The molecule has 2 rings (SSSR count). The highest BCUT2D eigenvalue weighted by molar-refractivity contribution is 5.78. The van der Waals surface area contributed by atoms with Crippen molar-refractivity contribution in [1.82, 2.24) is 10.2 Å². The lowest BCUT2D eigenvalue weighted by atomic mass is 9.95. The van der Waals surface area contributed by atoms with Gasteiger partial charge in [-0.05, 0) is 25.1 Å². The van der Waals surface area contributed by atoms with Crippen LogP contribution < -0.4 is 5.32 Å². The molecule has 1 saturated heterocycles. The maximum absolute atomic E-state index is 12.0. The van der Waals surface area contributed by atoms with E-state index in [2.05, 4.69) is 36.2 Å². The lowest BCUT2D eigenvalue weighted by Crippen LogP contribution is -2.39. The third kappa shape index (κ3) is 4.55. The molecular weight excluding hydrogens is 264 g/mol. The van der Waals surface area contributed by atoms with Gasteiger partial charge in [0.15, 0.2) is 0 Å². The summed E-state index contributed by atoms with van der Waals surface area (Å²) in [5.74, 6) is 0.477. The molecule has 116 valence electrons. The Bertz CT molecular complexity index is 432. The lowest BCUT2D eigenvalue weighted by Gasteiger charge is -2.21. The summed E-state index contributed by atoms with van der Waals surface area (Å²) in [7, 11) is 0. The van der Waals surface area contributed by atoms with Crippen molar-refractivity contribution in [1.29, 1.82) is 0 Å². The van der Waals surface area contributed by atoms with Gasteiger partial charge in [-0.15, -0.1) is 0 Å². The highest BCUT2D eigenvalue weighted by Gasteiger charge is 2.29. The molecule has 1 aliphatic heterocycles. The summed E-state index contributed by atoms with van der Waals surface area (Å²) in [6, 6.07) is 10.3. The smallest absolute Gasteiger partial charge is 0.234 e. The Morgan fingerprint density at radius 3 is 2.67 bits per heavy atom. The Kier molecular flexibility index (Phi) is 6.21. The minimum Gasteiger partial charge on any atom is -0.373 e. The zero-order chi connectivity index (χ0) is 15.1. The monoisotopic (exact) mass is 290 g/mol. The summed E-state index contributed by atoms with van der Waals surface area (Å²) >= 11 is 0. The summed E-state index contributed by atoms with van der Waals surface area (Å²) in [5, 5.41) is 3.06. The summed E-state index contributed by atoms with van der Waals surface area (Å²) in [5.41, 5.74) is 1.21. The van der Waals surface area contributed by atoms with Gasteiger partial charge in [-0.1, -0.05) is 44.2 Å². The molecule has 1 aromatic rings. The number of likely N-dealkylation sites (N-methyl/N-ethyl adjacent to an activating group) is 1. The number of benzene rings is 1. The maximum atomic E-state index is 12.0. The van der Waals surface area contributed by atoms with Crippen LogP contribution in [0.2, 0.25) is 0 Å². The van der Waals surface area contributed by atoms with Crippen LogP contribution in [0, 0.1) is 5.92 Å². The Morgan fingerprint density at radius 1 is 1.29 bits per heavy atom. The summed E-state index contributed by atoms with van der Waals surface area (Å²) < 4.78 is 5.85. The molecule has 1 aliphatic rings. The summed E-state index contributed by atoms with van der Waals surface area (Å²) in [6.45, 7) is 7.92. The number of nitrogens with one attached hydrogen (secondary N) is 1. The largest absolute Gasteiger partial charge is 0.373 e. The number of carbonyl (C=O) groups is 1. The van der Waals surface area contributed by atoms with Crippen molar-refractivity contribution in [2.24, 2.45) is 5.92 Å². The molecule has 1 aromatic carbocycles. The second-order valence-corrected chi connectivity index (χ2v) is 5.52. The number of hydrogen-bond acceptors (Lipinski definition) is 3. The summed E-state index contributed by atoms with van der Waals surface area (Å²) in [6.07, 6.45) is 1.12. The van der Waals surface area contributed by atoms with E-state index >= 15 is 0 Å². The van der Waals surface area contributed by atoms with Gasteiger partial charge in [0.05, 0.1) is 12.6 Å². The quantitative estimate of drug-likeness (QED) is 0.837. The van der Waals surface area contributed by atoms with E-state index < -0.39 is 0 Å². The van der Waals surface area contributed by atoms with E-state index in [9.17, 15) is 4.79 Å². The van der Waals surface area contributed by atoms with E-state index in [1.165, 1.54) is 5.56 Å². The molecular formula is C17H26N2O2. The van der Waals surface area contributed by atoms with Crippen molar-refractivity contribution in [3.63, 3.8) is 0 Å². The molecule has 4 heteroatoms. The molecule has 2 atom stereocenters. The van der Waals surface area contributed by atoms with E-state index in [0.717, 1.165) is 26.1 Å². The molecule has 1 amide bonds. The highest BCUT2D eigenvalue weighted by Crippen LogP contribution is 2.33. The Labute approximate surface area is 127 Å². The molecule has 0 aromatic heterocycles. The molecule has 0 radical (unpaired) electrons. The minimum atomic E-state index is 0.109. The van der Waals surface area contributed by atoms with Crippen molar-refractivity contribution in [3.8, 4) is 0 Å². The predicted molar refractivity (Wildman–Crippen MR) is 84.0 cm³/mol. The molecule has 1 N–H and O–H groups in total. The number of hydrogen-bond donors (Lipinski definition) is 1. The number of amides is 1. The second-order valence-electron chi connectivity index (χ2n) is 5.52. The van der Waals surface area contributed by atoms with Crippen LogP contribution in [0.4, 0.5) is 0 Å². The van der Waals surface area contributed by atoms with Crippen LogP contribution in [0.5, 0.6) is 0 Å². The Morgan fingerprint density at radius 2 is 2.00 bits per heavy atom. The van der Waals surface area contributed by atoms with Crippen molar-refractivity contribution in [2.75, 3.05) is 32.8 Å². The SMILES string of the molecule is CCN(CC)CC(=O)NCC1CCOC1c1ccccc1. The topological polar surface area (TPSA) is 41.6 Å². The molecule has 2 unspecified atom stereocenters. The van der Waals surface area contributed by atoms with Crippen molar-refractivity contribution in [2.45, 2.75) is 26.4 Å². The van der Waals surface area contributed by atoms with E-state index in [1.807, 2.05) is 18.2 Å². The number of rotatable bonds is 7. The standard InChI is InChI=1S/C17H26N2O2/c1-3-19(4-2)13-16(20)18-12-15-10-11-21-17(15)14-8-6-5-7-9-14/h5-9,15,17H,3-4,10-13H2,1-2H3,(H,18,20). The molecule has 0 bridgehead atoms. The lowest BCUT2D eigenvalue weighted by molar-refractivity contribution is -0.122. The van der Waals surface area contributed by atoms with Gasteiger partial charge in [-0.2, -0.15) is 0 Å². The molecule has 0 saturated carbocycles. The van der Waals surface area contributed by atoms with E-state index in [-0.39, 0.29) is 12.0 Å².